The molecular weight excluding hydrogens is 240 g/mol. The summed E-state index contributed by atoms with van der Waals surface area (Å²) in [5.41, 5.74) is 8.32. The molecule has 0 aliphatic heterocycles. The quantitative estimate of drug-likeness (QED) is 0.867. The Morgan fingerprint density at radius 1 is 1.00 bits per heavy atom. The average molecular weight is 253 g/mol. The minimum Gasteiger partial charge on any atom is -0.320 e. The molecule has 0 spiro atoms. The van der Waals surface area contributed by atoms with Gasteiger partial charge in [-0.2, -0.15) is 11.3 Å². The van der Waals surface area contributed by atoms with Crippen LogP contribution >= 0.6 is 11.3 Å². The smallest absolute Gasteiger partial charge is 0.164 e. The standard InChI is InChI=1S/C13H13F2NS/c1-7-3-4-9(12(15)11(7)14)13(16)10-6-17-5-8(10)2/h3-6,13H,16H2,1-2H3. The van der Waals surface area contributed by atoms with E-state index in [2.05, 4.69) is 0 Å². The van der Waals surface area contributed by atoms with Crippen molar-refractivity contribution in [2.75, 3.05) is 0 Å². The van der Waals surface area contributed by atoms with Gasteiger partial charge in [0.15, 0.2) is 11.6 Å². The van der Waals surface area contributed by atoms with Gasteiger partial charge in [-0.25, -0.2) is 8.78 Å². The van der Waals surface area contributed by atoms with Gasteiger partial charge in [-0.15, -0.1) is 0 Å². The third-order valence-electron chi connectivity index (χ3n) is 2.87. The average Bonchev–Trinajstić information content (AvgIpc) is 2.72. The Kier molecular flexibility index (Phi) is 3.26. The molecule has 1 heterocycles. The van der Waals surface area contributed by atoms with Crippen molar-refractivity contribution in [1.29, 1.82) is 0 Å². The van der Waals surface area contributed by atoms with Crippen LogP contribution in [0.1, 0.15) is 28.3 Å². The lowest BCUT2D eigenvalue weighted by Gasteiger charge is -2.14. The van der Waals surface area contributed by atoms with Crippen LogP contribution in [0.5, 0.6) is 0 Å². The van der Waals surface area contributed by atoms with E-state index < -0.39 is 17.7 Å². The summed E-state index contributed by atoms with van der Waals surface area (Å²) in [5.74, 6) is -1.66. The molecule has 2 N–H and O–H groups in total. The molecule has 0 radical (unpaired) electrons. The van der Waals surface area contributed by atoms with Crippen molar-refractivity contribution in [1.82, 2.24) is 0 Å². The van der Waals surface area contributed by atoms with Gasteiger partial charge in [0, 0.05) is 5.56 Å². The summed E-state index contributed by atoms with van der Waals surface area (Å²) in [6.07, 6.45) is 0. The molecule has 0 amide bonds. The normalized spacial score (nSPS) is 12.8. The van der Waals surface area contributed by atoms with Gasteiger partial charge < -0.3 is 5.73 Å². The van der Waals surface area contributed by atoms with Crippen molar-refractivity contribution < 1.29 is 8.78 Å². The third-order valence-corrected chi connectivity index (χ3v) is 3.75. The Balaban J connectivity index is 2.48. The molecule has 0 aliphatic carbocycles. The molecule has 1 aromatic heterocycles. The highest BCUT2D eigenvalue weighted by Crippen LogP contribution is 2.28. The highest BCUT2D eigenvalue weighted by Gasteiger charge is 2.19. The first-order valence-corrected chi connectivity index (χ1v) is 6.19. The summed E-state index contributed by atoms with van der Waals surface area (Å²) in [6, 6.07) is 2.49. The largest absolute Gasteiger partial charge is 0.320 e. The van der Waals surface area contributed by atoms with Crippen LogP contribution in [0.2, 0.25) is 0 Å². The summed E-state index contributed by atoms with van der Waals surface area (Å²) in [7, 11) is 0. The highest BCUT2D eigenvalue weighted by atomic mass is 32.1. The monoisotopic (exact) mass is 253 g/mol. The number of nitrogens with two attached hydrogens (primary N) is 1. The Morgan fingerprint density at radius 3 is 2.29 bits per heavy atom. The fraction of sp³-hybridized carbons (Fsp3) is 0.231. The van der Waals surface area contributed by atoms with Crippen molar-refractivity contribution in [3.8, 4) is 0 Å². The number of hydrogen-bond donors (Lipinski definition) is 1. The second-order valence-corrected chi connectivity index (χ2v) is 4.83. The number of halogens is 2. The molecule has 0 aliphatic rings. The Morgan fingerprint density at radius 2 is 1.71 bits per heavy atom. The fourth-order valence-electron chi connectivity index (χ4n) is 1.76. The molecular formula is C13H13F2NS. The minimum atomic E-state index is -0.844. The van der Waals surface area contributed by atoms with E-state index in [4.69, 9.17) is 5.73 Å². The number of rotatable bonds is 2. The Hall–Kier alpha value is -1.26. The molecule has 1 atom stereocenters. The van der Waals surface area contributed by atoms with Gasteiger partial charge in [0.05, 0.1) is 6.04 Å². The molecule has 90 valence electrons. The topological polar surface area (TPSA) is 26.0 Å². The maximum atomic E-state index is 13.8. The van der Waals surface area contributed by atoms with Gasteiger partial charge in [0.1, 0.15) is 0 Å². The molecule has 1 nitrogen and oxygen atoms in total. The number of hydrogen-bond acceptors (Lipinski definition) is 2. The van der Waals surface area contributed by atoms with Crippen LogP contribution in [0.4, 0.5) is 8.78 Å². The zero-order chi connectivity index (χ0) is 12.6. The van der Waals surface area contributed by atoms with E-state index >= 15 is 0 Å². The number of benzene rings is 1. The zero-order valence-corrected chi connectivity index (χ0v) is 10.4. The van der Waals surface area contributed by atoms with Gasteiger partial charge in [-0.05, 0) is 41.3 Å². The summed E-state index contributed by atoms with van der Waals surface area (Å²) in [4.78, 5) is 0. The van der Waals surface area contributed by atoms with E-state index in [9.17, 15) is 8.78 Å². The van der Waals surface area contributed by atoms with Crippen molar-refractivity contribution in [3.05, 3.63) is 56.8 Å². The molecule has 0 fully saturated rings. The van der Waals surface area contributed by atoms with Crippen LogP contribution in [0, 0.1) is 25.5 Å². The van der Waals surface area contributed by atoms with Gasteiger partial charge in [0.25, 0.3) is 0 Å². The van der Waals surface area contributed by atoms with E-state index in [0.717, 1.165) is 11.1 Å². The summed E-state index contributed by atoms with van der Waals surface area (Å²) >= 11 is 1.51. The third kappa shape index (κ3) is 2.10. The molecule has 2 rings (SSSR count). The predicted molar refractivity (Wildman–Crippen MR) is 66.2 cm³/mol. The summed E-state index contributed by atoms with van der Waals surface area (Å²) in [5, 5.41) is 3.81. The number of thiophene rings is 1. The molecule has 17 heavy (non-hydrogen) atoms. The van der Waals surface area contributed by atoms with Crippen LogP contribution in [-0.4, -0.2) is 0 Å². The Bertz CT molecular complexity index is 548. The first kappa shape index (κ1) is 12.2. The van der Waals surface area contributed by atoms with Crippen molar-refractivity contribution >= 4 is 11.3 Å². The van der Waals surface area contributed by atoms with Crippen LogP contribution < -0.4 is 5.73 Å². The first-order chi connectivity index (χ1) is 8.02. The molecule has 1 aromatic carbocycles. The van der Waals surface area contributed by atoms with E-state index in [0.29, 0.717) is 5.56 Å². The van der Waals surface area contributed by atoms with Gasteiger partial charge in [0.2, 0.25) is 0 Å². The number of aryl methyl sites for hydroxylation is 2. The highest BCUT2D eigenvalue weighted by molar-refractivity contribution is 7.08. The SMILES string of the molecule is Cc1cscc1C(N)c1ccc(C)c(F)c1F. The zero-order valence-electron chi connectivity index (χ0n) is 9.63. The molecule has 0 bridgehead atoms. The van der Waals surface area contributed by atoms with Gasteiger partial charge in [-0.1, -0.05) is 12.1 Å². The van der Waals surface area contributed by atoms with E-state index in [1.165, 1.54) is 18.3 Å². The van der Waals surface area contributed by atoms with E-state index in [1.807, 2.05) is 17.7 Å². The van der Waals surface area contributed by atoms with E-state index in [1.54, 1.807) is 12.1 Å². The van der Waals surface area contributed by atoms with Crippen molar-refractivity contribution in [2.45, 2.75) is 19.9 Å². The molecule has 2 aromatic rings. The van der Waals surface area contributed by atoms with Crippen LogP contribution in [0.15, 0.2) is 22.9 Å². The van der Waals surface area contributed by atoms with Crippen molar-refractivity contribution in [2.24, 2.45) is 5.73 Å². The fourth-order valence-corrected chi connectivity index (χ4v) is 2.64. The van der Waals surface area contributed by atoms with Crippen LogP contribution in [0.3, 0.4) is 0 Å². The van der Waals surface area contributed by atoms with Gasteiger partial charge in [-0.3, -0.25) is 0 Å². The molecule has 0 saturated carbocycles. The van der Waals surface area contributed by atoms with E-state index in [-0.39, 0.29) is 5.56 Å². The second-order valence-electron chi connectivity index (χ2n) is 4.09. The van der Waals surface area contributed by atoms with Gasteiger partial charge >= 0.3 is 0 Å². The summed E-state index contributed by atoms with van der Waals surface area (Å²) < 4.78 is 27.3. The maximum absolute atomic E-state index is 13.8. The molecule has 0 saturated heterocycles. The molecule has 4 heteroatoms. The van der Waals surface area contributed by atoms with Crippen molar-refractivity contribution in [3.63, 3.8) is 0 Å². The summed E-state index contributed by atoms with van der Waals surface area (Å²) in [6.45, 7) is 3.44. The predicted octanol–water partition coefficient (Wildman–Crippen LogP) is 3.69. The Labute approximate surface area is 103 Å². The lowest BCUT2D eigenvalue weighted by Crippen LogP contribution is -2.15. The van der Waals surface area contributed by atoms with Crippen LogP contribution in [0.25, 0.3) is 0 Å². The first-order valence-electron chi connectivity index (χ1n) is 5.25. The minimum absolute atomic E-state index is 0.203. The maximum Gasteiger partial charge on any atom is 0.164 e. The lowest BCUT2D eigenvalue weighted by atomic mass is 9.97. The second kappa shape index (κ2) is 4.55. The lowest BCUT2D eigenvalue weighted by molar-refractivity contribution is 0.489. The van der Waals surface area contributed by atoms with Crippen LogP contribution in [-0.2, 0) is 0 Å². The molecule has 1 unspecified atom stereocenters.